The van der Waals surface area contributed by atoms with Gasteiger partial charge in [0.25, 0.3) is 5.97 Å². The topological polar surface area (TPSA) is 620 Å². The van der Waals surface area contributed by atoms with Crippen LogP contribution in [0.5, 0.6) is 0 Å². The van der Waals surface area contributed by atoms with Crippen LogP contribution in [-0.2, 0) is 149 Å². The van der Waals surface area contributed by atoms with E-state index in [-0.39, 0.29) is 191 Å². The summed E-state index contributed by atoms with van der Waals surface area (Å²) >= 11 is 0. The van der Waals surface area contributed by atoms with E-state index in [2.05, 4.69) is 52.2 Å². The van der Waals surface area contributed by atoms with Crippen LogP contribution in [0, 0.1) is 0 Å². The fraction of sp³-hybridized carbons (Fsp3) is 0.841. The fourth-order valence-electron chi connectivity index (χ4n) is 11.4. The Kier molecular flexibility index (Phi) is 50.6. The second-order valence-electron chi connectivity index (χ2n) is 26.8. The van der Waals surface area contributed by atoms with E-state index in [1.807, 2.05) is 0 Å². The molecule has 3 aromatic rings. The number of rotatable bonds is 63. The minimum atomic E-state index is -1.42. The maximum Gasteiger partial charge on any atom is 0.300 e. The Labute approximate surface area is 670 Å². The molecule has 3 aromatic heterocycles. The number of aliphatic carboxylic acids is 1. The molecule has 0 unspecified atom stereocenters. The number of aliphatic hydroxyl groups excluding tert-OH is 9. The number of hydrogen-bond acceptors (Lipinski definition) is 39. The van der Waals surface area contributed by atoms with Crippen molar-refractivity contribution >= 4 is 29.6 Å². The van der Waals surface area contributed by atoms with Crippen LogP contribution in [0.25, 0.3) is 0 Å². The highest BCUT2D eigenvalue weighted by molar-refractivity contribution is 5.77. The Morgan fingerprint density at radius 2 is 0.672 bits per heavy atom. The third-order valence-corrected chi connectivity index (χ3v) is 17.1. The molecule has 47 nitrogen and oxygen atoms in total. The van der Waals surface area contributed by atoms with Crippen molar-refractivity contribution in [2.24, 2.45) is 5.73 Å². The first-order valence-corrected chi connectivity index (χ1v) is 38.3. The van der Waals surface area contributed by atoms with Crippen molar-refractivity contribution in [2.75, 3.05) is 185 Å². The molecule has 3 aliphatic rings. The van der Waals surface area contributed by atoms with Crippen LogP contribution in [0.4, 0.5) is 0 Å². The number of carbonyl (C=O) groups excluding carboxylic acids is 4. The van der Waals surface area contributed by atoms with Gasteiger partial charge in [0, 0.05) is 34.1 Å². The lowest BCUT2D eigenvalue weighted by atomic mass is 9.97. The molecule has 0 saturated carbocycles. The zero-order valence-corrected chi connectivity index (χ0v) is 66.2. The number of carbonyl (C=O) groups is 5. The van der Waals surface area contributed by atoms with Gasteiger partial charge in [0.2, 0.25) is 23.6 Å². The van der Waals surface area contributed by atoms with Gasteiger partial charge in [-0.25, -0.2) is 14.0 Å². The van der Waals surface area contributed by atoms with Crippen molar-refractivity contribution in [1.29, 1.82) is 0 Å². The molecule has 0 spiro atoms. The molecule has 3 fully saturated rings. The van der Waals surface area contributed by atoms with E-state index < -0.39 is 141 Å². The normalized spacial score (nSPS) is 23.6. The molecule has 15 atom stereocenters. The number of carboxylic acid groups (broad SMARTS) is 1. The van der Waals surface area contributed by atoms with Crippen molar-refractivity contribution in [3.63, 3.8) is 0 Å². The van der Waals surface area contributed by atoms with Crippen LogP contribution in [0.15, 0.2) is 18.6 Å². The summed E-state index contributed by atoms with van der Waals surface area (Å²) in [5.41, 5.74) is 5.96. The molecular weight excluding hydrogens is 1550 g/mol. The summed E-state index contributed by atoms with van der Waals surface area (Å²) in [6.07, 6.45) is -7.84. The molecule has 6 rings (SSSR count). The maximum absolute atomic E-state index is 13.8. The highest BCUT2D eigenvalue weighted by Crippen LogP contribution is 2.26. The number of nitrogens with zero attached hydrogens (tertiary/aromatic N) is 9. The highest BCUT2D eigenvalue weighted by atomic mass is 16.7. The van der Waals surface area contributed by atoms with E-state index in [4.69, 9.17) is 101 Å². The van der Waals surface area contributed by atoms with Crippen LogP contribution in [0.3, 0.4) is 0 Å². The third kappa shape index (κ3) is 39.7. The van der Waals surface area contributed by atoms with E-state index in [0.29, 0.717) is 49.7 Å². The molecule has 666 valence electrons. The van der Waals surface area contributed by atoms with Crippen LogP contribution in [0.1, 0.15) is 70.5 Å². The zero-order chi connectivity index (χ0) is 84.3. The number of ether oxygens (including phenoxy) is 18. The van der Waals surface area contributed by atoms with E-state index >= 15 is 0 Å². The molecule has 116 heavy (non-hydrogen) atoms. The molecule has 3 aliphatic heterocycles. The molecule has 0 bridgehead atoms. The Morgan fingerprint density at radius 3 is 0.931 bits per heavy atom. The van der Waals surface area contributed by atoms with Crippen molar-refractivity contribution < 1.29 is 160 Å². The van der Waals surface area contributed by atoms with Gasteiger partial charge in [0.15, 0.2) is 18.9 Å². The summed E-state index contributed by atoms with van der Waals surface area (Å²) in [6.45, 7) is 8.84. The van der Waals surface area contributed by atoms with Crippen molar-refractivity contribution in [3.8, 4) is 0 Å². The number of hydrogen-bond donors (Lipinski definition) is 15. The van der Waals surface area contributed by atoms with Crippen molar-refractivity contribution in [1.82, 2.24) is 66.2 Å². The van der Waals surface area contributed by atoms with Gasteiger partial charge in [0.05, 0.1) is 236 Å². The fourth-order valence-corrected chi connectivity index (χ4v) is 11.4. The van der Waals surface area contributed by atoms with Crippen molar-refractivity contribution in [2.45, 2.75) is 190 Å². The number of unbranched alkanes of at least 4 members (excludes halogenated alkanes) is 2. The van der Waals surface area contributed by atoms with E-state index in [1.165, 1.54) is 20.8 Å². The summed E-state index contributed by atoms with van der Waals surface area (Å²) in [5.74, 6) is -2.49. The lowest BCUT2D eigenvalue weighted by molar-refractivity contribution is -0.272. The monoisotopic (exact) mass is 1670 g/mol. The summed E-state index contributed by atoms with van der Waals surface area (Å²) < 4.78 is 108. The highest BCUT2D eigenvalue weighted by Gasteiger charge is 2.48. The molecule has 6 heterocycles. The molecule has 47 heteroatoms. The smallest absolute Gasteiger partial charge is 0.300 e. The Morgan fingerprint density at radius 1 is 0.405 bits per heavy atom. The van der Waals surface area contributed by atoms with Crippen LogP contribution < -0.4 is 27.0 Å². The summed E-state index contributed by atoms with van der Waals surface area (Å²) in [5, 5.41) is 134. The minimum Gasteiger partial charge on any atom is -0.481 e. The summed E-state index contributed by atoms with van der Waals surface area (Å²) in [6, 6.07) is -3.18. The lowest BCUT2D eigenvalue weighted by Gasteiger charge is -2.42. The van der Waals surface area contributed by atoms with Crippen molar-refractivity contribution in [3.05, 3.63) is 35.7 Å². The minimum absolute atomic E-state index is 0.00683. The molecule has 0 radical (unpaired) electrons. The van der Waals surface area contributed by atoms with Gasteiger partial charge in [0.1, 0.15) is 95.7 Å². The third-order valence-electron chi connectivity index (χ3n) is 17.1. The number of amides is 4. The number of nitrogens with one attached hydrogen (secondary N) is 4. The van der Waals surface area contributed by atoms with Crippen LogP contribution in [-0.4, -0.2) is 408 Å². The SMILES string of the molecule is CC(=O)N[C@H]1[C@H](OCCOCCOCCOCCn2cc(COCC(COCc3cn(CCOCCOCCOCCO[C@@H]4O[C@H](CO)[C@H](O)[C@H](O)[C@H]4NC(C)=O)nn3)(COCc3cn(CCOCCOCCOCCO[C@@H]4O[C@H](CO)[C@H](O)[C@H](O)[C@H]4NC(C)=O)nn3)NC(=O)CCCCCN)nn2)O[C@H](CO)[C@H](O)[C@@H]1O.CC(=O)O. The van der Waals surface area contributed by atoms with Gasteiger partial charge in [-0.05, 0) is 19.4 Å². The quantitative estimate of drug-likeness (QED) is 0.0233. The van der Waals surface area contributed by atoms with Gasteiger partial charge in [-0.1, -0.05) is 22.1 Å². The molecule has 16 N–H and O–H groups in total. The van der Waals surface area contributed by atoms with E-state index in [0.717, 1.165) is 19.8 Å². The summed E-state index contributed by atoms with van der Waals surface area (Å²) in [7, 11) is 0. The first kappa shape index (κ1) is 100. The Hall–Kier alpha value is -6.35. The maximum atomic E-state index is 13.8. The standard InChI is InChI=1S/C67H118N14O31.C2H4O2/c1-45(85)69-55-61(92)58(89)51(36-82)110-64(55)107-30-27-101-24-21-98-18-15-95-12-9-79-33-48(73-76-79)39-104-42-67(72-54(88)7-5-4-6-8-68,43-105-40-49-34-80(77-74-49)10-13-96-16-19-99-22-25-102-28-31-108-65-56(70-46(2)86)62(93)59(90)52(37-83)111-65)44-106-41-50-35-81(78-75-50)11-14-97-17-20-100-23-26-103-29-32-109-66-57(71-47(3)87)63(94)60(91)53(38-84)112-66;1-2(3)4/h33-35,51-53,55-66,82-84,89-94H,4-32,36-44,68H2,1-3H3,(H,69,85)(H,70,86)(H,71,87)(H,72,88);1H3,(H,3,4)/t51-,52-,53-,55-,56-,57-,58+,59+,60+,61-,62-,63-,64-,65-,66-;/m1./s1. The Bertz CT molecular complexity index is 2830. The number of carboxylic acids is 1. The first-order chi connectivity index (χ1) is 56.0. The predicted octanol–water partition coefficient (Wildman–Crippen LogP) is -8.09. The Balaban J connectivity index is 0.00000586. The van der Waals surface area contributed by atoms with Gasteiger partial charge in [-0.2, -0.15) is 0 Å². The second kappa shape index (κ2) is 58.5. The second-order valence-corrected chi connectivity index (χ2v) is 26.8. The molecule has 0 aromatic carbocycles. The zero-order valence-electron chi connectivity index (χ0n) is 66.2. The first-order valence-electron chi connectivity index (χ1n) is 38.3. The van der Waals surface area contributed by atoms with Gasteiger partial charge in [-0.3, -0.25) is 24.0 Å². The molecule has 0 aliphatic carbocycles. The average Bonchev–Trinajstić information content (AvgIpc) is 0.838. The van der Waals surface area contributed by atoms with Gasteiger partial charge in [-0.15, -0.1) is 15.3 Å². The molecular formula is C69H122N14O33. The van der Waals surface area contributed by atoms with E-state index in [9.17, 15) is 65.1 Å². The lowest BCUT2D eigenvalue weighted by Crippen LogP contribution is -2.64. The largest absolute Gasteiger partial charge is 0.481 e. The average molecular weight is 1680 g/mol. The number of aromatic nitrogens is 9. The van der Waals surface area contributed by atoms with Crippen LogP contribution >= 0.6 is 0 Å². The number of aliphatic hydroxyl groups is 9. The molecule has 3 saturated heterocycles. The van der Waals surface area contributed by atoms with E-state index in [1.54, 1.807) is 32.6 Å². The number of nitrogens with two attached hydrogens (primary N) is 1. The summed E-state index contributed by atoms with van der Waals surface area (Å²) in [4.78, 5) is 57.9. The van der Waals surface area contributed by atoms with Gasteiger partial charge >= 0.3 is 0 Å². The molecule has 4 amide bonds. The predicted molar refractivity (Wildman–Crippen MR) is 392 cm³/mol. The van der Waals surface area contributed by atoms with Crippen LogP contribution in [0.2, 0.25) is 0 Å². The van der Waals surface area contributed by atoms with Gasteiger partial charge < -0.3 is 163 Å².